The number of para-hydroxylation sites is 1. The van der Waals surface area contributed by atoms with Crippen LogP contribution in [0.15, 0.2) is 177 Å². The fourth-order valence-corrected chi connectivity index (χ4v) is 6.00. The smallest absolute Gasteiger partial charge is 0.234 e. The van der Waals surface area contributed by atoms with Gasteiger partial charge in [0, 0.05) is 28.7 Å². The first-order valence-electron chi connectivity index (χ1n) is 16.4. The first-order chi connectivity index (χ1) is 23.7. The van der Waals surface area contributed by atoms with E-state index in [4.69, 9.17) is 9.97 Å². The Morgan fingerprint density at radius 2 is 0.979 bits per heavy atom. The second-order valence-corrected chi connectivity index (χ2v) is 11.5. The summed E-state index contributed by atoms with van der Waals surface area (Å²) in [4.78, 5) is 9.89. The van der Waals surface area contributed by atoms with Crippen molar-refractivity contribution in [1.29, 1.82) is 0 Å². The van der Waals surface area contributed by atoms with E-state index in [-0.39, 0.29) is 0 Å². The molecule has 0 amide bonds. The number of hydrogen-bond acceptors (Lipinski definition) is 2. The molecule has 8 rings (SSSR count). The Balaban J connectivity index is 0.000000528. The lowest BCUT2D eigenvalue weighted by molar-refractivity contribution is 0.990. The Kier molecular flexibility index (Phi) is 9.98. The van der Waals surface area contributed by atoms with Crippen LogP contribution in [0.5, 0.6) is 0 Å². The largest absolute Gasteiger partial charge is 0.278 e. The monoisotopic (exact) mass is 621 g/mol. The second kappa shape index (κ2) is 15.0. The number of hydrogen-bond donors (Lipinski definition) is 0. The van der Waals surface area contributed by atoms with Gasteiger partial charge in [0.05, 0.1) is 11.0 Å². The van der Waals surface area contributed by atoms with Crippen LogP contribution in [0.2, 0.25) is 0 Å². The summed E-state index contributed by atoms with van der Waals surface area (Å²) in [6.45, 7) is 11.0. The number of allylic oxidation sites excluding steroid dienone is 2. The molecule has 0 spiro atoms. The fourth-order valence-electron chi connectivity index (χ4n) is 6.00. The zero-order chi connectivity index (χ0) is 33.3. The molecule has 0 N–H and O–H groups in total. The molecule has 0 radical (unpaired) electrons. The Hall–Kier alpha value is -6.06. The molecule has 48 heavy (non-hydrogen) atoms. The lowest BCUT2D eigenvalue weighted by Gasteiger charge is -2.15. The lowest BCUT2D eigenvalue weighted by Crippen LogP contribution is -2.01. The third-order valence-electron chi connectivity index (χ3n) is 8.09. The van der Waals surface area contributed by atoms with E-state index in [1.54, 1.807) is 12.2 Å². The van der Waals surface area contributed by atoms with Gasteiger partial charge in [0.25, 0.3) is 0 Å². The molecule has 3 nitrogen and oxygen atoms in total. The van der Waals surface area contributed by atoms with Crippen LogP contribution in [0.4, 0.5) is 0 Å². The average molecular weight is 622 g/mol. The van der Waals surface area contributed by atoms with Gasteiger partial charge in [-0.05, 0) is 56.8 Å². The van der Waals surface area contributed by atoms with Gasteiger partial charge in [0.2, 0.25) is 5.95 Å². The van der Waals surface area contributed by atoms with Gasteiger partial charge in [-0.2, -0.15) is 0 Å². The van der Waals surface area contributed by atoms with E-state index in [0.717, 1.165) is 27.7 Å². The van der Waals surface area contributed by atoms with E-state index in [1.807, 2.05) is 12.4 Å². The van der Waals surface area contributed by atoms with Crippen molar-refractivity contribution in [3.05, 3.63) is 177 Å². The van der Waals surface area contributed by atoms with Crippen LogP contribution < -0.4 is 0 Å². The van der Waals surface area contributed by atoms with Gasteiger partial charge in [0.15, 0.2) is 0 Å². The SMILES string of the molecule is C=CC=C.CCC.c1ccc(-c2ccccc2-c2ccccc2-c2cnc(-n3c4ccccc4c4cc5ccccc5cc43)nc2)cc1. The van der Waals surface area contributed by atoms with E-state index in [9.17, 15) is 0 Å². The van der Waals surface area contributed by atoms with Crippen LogP contribution >= 0.6 is 0 Å². The van der Waals surface area contributed by atoms with Gasteiger partial charge in [-0.25, -0.2) is 9.97 Å². The summed E-state index contributed by atoms with van der Waals surface area (Å²) in [7, 11) is 0. The maximum absolute atomic E-state index is 4.95. The standard InChI is InChI=1S/C38H25N3.C4H6.C3H8/c1-2-12-26(13-3-1)30-16-6-8-18-32(30)33-19-9-7-17-31(33)29-24-39-38(40-25-29)41-36-21-11-10-20-34(36)35-22-27-14-4-5-15-28(27)23-37(35)41;1-3-4-2;1-3-2/h1-25H;3-4H,1-2H2;3H2,1-2H3. The molecule has 0 bridgehead atoms. The summed E-state index contributed by atoms with van der Waals surface area (Å²) in [6.07, 6.45) is 8.43. The summed E-state index contributed by atoms with van der Waals surface area (Å²) >= 11 is 0. The molecule has 3 heteroatoms. The molecule has 6 aromatic carbocycles. The van der Waals surface area contributed by atoms with Crippen molar-refractivity contribution in [2.75, 3.05) is 0 Å². The number of aromatic nitrogens is 3. The molecule has 8 aromatic rings. The molecule has 0 unspecified atom stereocenters. The summed E-state index contributed by atoms with van der Waals surface area (Å²) in [5.41, 5.74) is 9.05. The van der Waals surface area contributed by atoms with Gasteiger partial charge in [0.1, 0.15) is 0 Å². The molecule has 0 aliphatic heterocycles. The Morgan fingerprint density at radius 3 is 1.58 bits per heavy atom. The van der Waals surface area contributed by atoms with Crippen molar-refractivity contribution in [2.45, 2.75) is 20.3 Å². The Bertz CT molecular complexity index is 2310. The highest BCUT2D eigenvalue weighted by atomic mass is 15.1. The normalized spacial score (nSPS) is 10.5. The molecule has 0 saturated heterocycles. The predicted octanol–water partition coefficient (Wildman–Crippen LogP) is 12.5. The molecular formula is C45H39N3. The van der Waals surface area contributed by atoms with Crippen LogP contribution in [0, 0.1) is 0 Å². The molecule has 2 aromatic heterocycles. The maximum Gasteiger partial charge on any atom is 0.234 e. The van der Waals surface area contributed by atoms with Crippen molar-refractivity contribution >= 4 is 32.6 Å². The predicted molar refractivity (Wildman–Crippen MR) is 207 cm³/mol. The minimum absolute atomic E-state index is 0.664. The van der Waals surface area contributed by atoms with Gasteiger partial charge >= 0.3 is 0 Å². The molecule has 0 aliphatic rings. The van der Waals surface area contributed by atoms with Crippen molar-refractivity contribution in [3.63, 3.8) is 0 Å². The topological polar surface area (TPSA) is 30.7 Å². The number of fused-ring (bicyclic) bond motifs is 4. The quantitative estimate of drug-likeness (QED) is 0.179. The second-order valence-electron chi connectivity index (χ2n) is 11.5. The lowest BCUT2D eigenvalue weighted by atomic mass is 9.90. The van der Waals surface area contributed by atoms with Gasteiger partial charge in [-0.1, -0.05) is 167 Å². The summed E-state index contributed by atoms with van der Waals surface area (Å²) in [5.74, 6) is 0.664. The van der Waals surface area contributed by atoms with Crippen LogP contribution in [-0.2, 0) is 0 Å². The van der Waals surface area contributed by atoms with Crippen molar-refractivity contribution in [1.82, 2.24) is 14.5 Å². The van der Waals surface area contributed by atoms with E-state index in [1.165, 1.54) is 44.7 Å². The minimum Gasteiger partial charge on any atom is -0.278 e. The molecule has 0 saturated carbocycles. The molecular weight excluding hydrogens is 583 g/mol. The molecule has 0 atom stereocenters. The number of nitrogens with zero attached hydrogens (tertiary/aromatic N) is 3. The van der Waals surface area contributed by atoms with Gasteiger partial charge < -0.3 is 0 Å². The van der Waals surface area contributed by atoms with Crippen molar-refractivity contribution in [2.24, 2.45) is 0 Å². The highest BCUT2D eigenvalue weighted by Gasteiger charge is 2.16. The van der Waals surface area contributed by atoms with Gasteiger partial charge in [-0.3, -0.25) is 4.57 Å². The van der Waals surface area contributed by atoms with Crippen LogP contribution in [-0.4, -0.2) is 14.5 Å². The number of benzene rings is 6. The first kappa shape index (κ1) is 31.9. The Labute approximate surface area is 283 Å². The average Bonchev–Trinajstić information content (AvgIpc) is 3.48. The van der Waals surface area contributed by atoms with Gasteiger partial charge in [-0.15, -0.1) is 0 Å². The highest BCUT2D eigenvalue weighted by Crippen LogP contribution is 2.38. The third-order valence-corrected chi connectivity index (χ3v) is 8.09. The van der Waals surface area contributed by atoms with E-state index < -0.39 is 0 Å². The summed E-state index contributed by atoms with van der Waals surface area (Å²) in [5, 5.41) is 4.83. The fraction of sp³-hybridized carbons (Fsp3) is 0.0667. The van der Waals surface area contributed by atoms with Crippen LogP contribution in [0.25, 0.3) is 71.9 Å². The van der Waals surface area contributed by atoms with Crippen LogP contribution in [0.1, 0.15) is 20.3 Å². The summed E-state index contributed by atoms with van der Waals surface area (Å²) in [6, 6.07) is 49.2. The van der Waals surface area contributed by atoms with E-state index in [0.29, 0.717) is 5.95 Å². The summed E-state index contributed by atoms with van der Waals surface area (Å²) < 4.78 is 2.18. The van der Waals surface area contributed by atoms with Crippen molar-refractivity contribution in [3.8, 4) is 39.3 Å². The van der Waals surface area contributed by atoms with E-state index in [2.05, 4.69) is 171 Å². The molecule has 2 heterocycles. The third kappa shape index (κ3) is 6.44. The molecule has 0 aliphatic carbocycles. The first-order valence-corrected chi connectivity index (χ1v) is 16.4. The molecule has 234 valence electrons. The zero-order valence-corrected chi connectivity index (χ0v) is 27.6. The van der Waals surface area contributed by atoms with Crippen molar-refractivity contribution < 1.29 is 0 Å². The van der Waals surface area contributed by atoms with Crippen LogP contribution in [0.3, 0.4) is 0 Å². The zero-order valence-electron chi connectivity index (χ0n) is 27.6. The maximum atomic E-state index is 4.95. The number of rotatable bonds is 5. The highest BCUT2D eigenvalue weighted by molar-refractivity contribution is 6.13. The minimum atomic E-state index is 0.664. The molecule has 0 fully saturated rings. The Morgan fingerprint density at radius 1 is 0.500 bits per heavy atom. The van der Waals surface area contributed by atoms with E-state index >= 15 is 0 Å².